The van der Waals surface area contributed by atoms with Gasteiger partial charge in [-0.05, 0) is 41.4 Å². The molecule has 4 rings (SSSR count). The summed E-state index contributed by atoms with van der Waals surface area (Å²) in [7, 11) is 1.24. The molecule has 28 heavy (non-hydrogen) atoms. The molecule has 1 saturated carbocycles. The van der Waals surface area contributed by atoms with Crippen LogP contribution >= 0.6 is 15.9 Å². The van der Waals surface area contributed by atoms with Gasteiger partial charge in [0.15, 0.2) is 0 Å². The molecule has 1 aromatic heterocycles. The van der Waals surface area contributed by atoms with Gasteiger partial charge in [-0.3, -0.25) is 4.79 Å². The van der Waals surface area contributed by atoms with Gasteiger partial charge in [-0.25, -0.2) is 9.18 Å². The van der Waals surface area contributed by atoms with E-state index in [0.717, 1.165) is 45.6 Å². The maximum absolute atomic E-state index is 15.1. The van der Waals surface area contributed by atoms with E-state index in [0.29, 0.717) is 15.7 Å². The van der Waals surface area contributed by atoms with Crippen LogP contribution in [0.1, 0.15) is 36.2 Å². The predicted molar refractivity (Wildman–Crippen MR) is 110 cm³/mol. The third-order valence-corrected chi connectivity index (χ3v) is 6.42. The molecule has 2 heterocycles. The molecule has 1 aliphatic carbocycles. The fourth-order valence-electron chi connectivity index (χ4n) is 3.91. The largest absolute Gasteiger partial charge is 0.465 e. The maximum Gasteiger partial charge on any atom is 0.343 e. The predicted octanol–water partition coefficient (Wildman–Crippen LogP) is 3.17. The highest BCUT2D eigenvalue weighted by molar-refractivity contribution is 9.10. The fourth-order valence-corrected chi connectivity index (χ4v) is 4.76. The van der Waals surface area contributed by atoms with Gasteiger partial charge in [-0.15, -0.1) is 0 Å². The lowest BCUT2D eigenvalue weighted by Gasteiger charge is -2.36. The van der Waals surface area contributed by atoms with Crippen LogP contribution < -0.4 is 10.3 Å². The minimum absolute atomic E-state index is 0.0579. The van der Waals surface area contributed by atoms with Crippen LogP contribution in [0.2, 0.25) is 0 Å². The van der Waals surface area contributed by atoms with E-state index in [2.05, 4.69) is 27.8 Å². The number of nitrogens with zero attached hydrogens (tertiary/aromatic N) is 3. The summed E-state index contributed by atoms with van der Waals surface area (Å²) in [5.74, 6) is -1.15. The van der Waals surface area contributed by atoms with Crippen LogP contribution in [0.4, 0.5) is 10.1 Å². The minimum Gasteiger partial charge on any atom is -0.465 e. The molecule has 2 aliphatic rings. The summed E-state index contributed by atoms with van der Waals surface area (Å²) in [5.41, 5.74) is 0.579. The van der Waals surface area contributed by atoms with E-state index in [4.69, 9.17) is 4.74 Å². The number of likely N-dealkylation sites (N-methyl/N-ethyl adjacent to an activating group) is 1. The Bertz CT molecular complexity index is 995. The van der Waals surface area contributed by atoms with Crippen molar-refractivity contribution in [3.05, 3.63) is 38.3 Å². The molecule has 0 radical (unpaired) electrons. The highest BCUT2D eigenvalue weighted by atomic mass is 79.9. The lowest BCUT2D eigenvalue weighted by molar-refractivity contribution is 0.0598. The van der Waals surface area contributed by atoms with Gasteiger partial charge in [0.2, 0.25) is 5.43 Å². The summed E-state index contributed by atoms with van der Waals surface area (Å²) in [6.45, 7) is 6.29. The number of fused-ring (bicyclic) bond motifs is 1. The van der Waals surface area contributed by atoms with Crippen LogP contribution in [0.25, 0.3) is 10.9 Å². The van der Waals surface area contributed by atoms with E-state index in [1.807, 2.05) is 9.47 Å². The number of anilines is 1. The molecule has 1 aromatic carbocycles. The van der Waals surface area contributed by atoms with Crippen molar-refractivity contribution in [3.8, 4) is 0 Å². The first-order valence-corrected chi connectivity index (χ1v) is 10.4. The van der Waals surface area contributed by atoms with Gasteiger partial charge in [0.1, 0.15) is 11.4 Å². The van der Waals surface area contributed by atoms with E-state index >= 15 is 4.39 Å². The summed E-state index contributed by atoms with van der Waals surface area (Å²) < 4.78 is 22.4. The number of piperazine rings is 1. The van der Waals surface area contributed by atoms with Crippen molar-refractivity contribution < 1.29 is 13.9 Å². The van der Waals surface area contributed by atoms with Crippen molar-refractivity contribution in [2.75, 3.05) is 44.7 Å². The normalized spacial score (nSPS) is 17.9. The van der Waals surface area contributed by atoms with Crippen LogP contribution in [0.5, 0.6) is 0 Å². The molecule has 2 aromatic rings. The van der Waals surface area contributed by atoms with Crippen LogP contribution in [0.15, 0.2) is 21.5 Å². The van der Waals surface area contributed by atoms with Gasteiger partial charge in [-0.2, -0.15) is 0 Å². The minimum atomic E-state index is -0.697. The molecule has 2 fully saturated rings. The third-order valence-electron chi connectivity index (χ3n) is 5.67. The second kappa shape index (κ2) is 7.48. The quantitative estimate of drug-likeness (QED) is 0.668. The average molecular weight is 452 g/mol. The van der Waals surface area contributed by atoms with E-state index in [1.165, 1.54) is 13.2 Å². The van der Waals surface area contributed by atoms with Gasteiger partial charge in [0, 0.05) is 38.4 Å². The van der Waals surface area contributed by atoms with E-state index < -0.39 is 17.2 Å². The molecule has 0 atom stereocenters. The molecule has 0 unspecified atom stereocenters. The maximum atomic E-state index is 15.1. The number of hydrogen-bond acceptors (Lipinski definition) is 5. The molecule has 1 saturated heterocycles. The van der Waals surface area contributed by atoms with E-state index in [1.54, 1.807) is 6.20 Å². The summed E-state index contributed by atoms with van der Waals surface area (Å²) in [6, 6.07) is 1.48. The molecular formula is C20H23BrFN3O3. The number of aromatic nitrogens is 1. The number of benzene rings is 1. The number of esters is 1. The highest BCUT2D eigenvalue weighted by Crippen LogP contribution is 2.42. The van der Waals surface area contributed by atoms with Crippen LogP contribution in [-0.2, 0) is 4.74 Å². The smallest absolute Gasteiger partial charge is 0.343 e. The molecule has 8 heteroatoms. The Labute approximate surface area is 171 Å². The van der Waals surface area contributed by atoms with Gasteiger partial charge < -0.3 is 19.1 Å². The third kappa shape index (κ3) is 3.22. The van der Waals surface area contributed by atoms with Gasteiger partial charge in [-0.1, -0.05) is 6.92 Å². The van der Waals surface area contributed by atoms with Gasteiger partial charge in [0.25, 0.3) is 0 Å². The number of carbonyl (C=O) groups is 1. The Hall–Kier alpha value is -1.93. The molecule has 150 valence electrons. The Morgan fingerprint density at radius 3 is 2.54 bits per heavy atom. The van der Waals surface area contributed by atoms with Crippen LogP contribution in [0.3, 0.4) is 0 Å². The average Bonchev–Trinajstić information content (AvgIpc) is 3.54. The summed E-state index contributed by atoms with van der Waals surface area (Å²) >= 11 is 3.59. The standard InChI is InChI=1S/C20H23BrFN3O3/c1-3-23-6-8-24(9-7-23)18-15(22)10-13-17(16(18)21)25(12-4-5-12)11-14(19(13)26)20(27)28-2/h10-12H,3-9H2,1-2H3. The number of rotatable bonds is 4. The second-order valence-electron chi connectivity index (χ2n) is 7.34. The molecule has 0 spiro atoms. The number of methoxy groups -OCH3 is 1. The van der Waals surface area contributed by atoms with Crippen molar-refractivity contribution in [1.82, 2.24) is 9.47 Å². The molecule has 6 nitrogen and oxygen atoms in total. The zero-order valence-corrected chi connectivity index (χ0v) is 17.6. The first-order valence-electron chi connectivity index (χ1n) is 9.58. The highest BCUT2D eigenvalue weighted by Gasteiger charge is 2.31. The lowest BCUT2D eigenvalue weighted by Crippen LogP contribution is -2.46. The number of carbonyl (C=O) groups excluding carboxylic acids is 1. The summed E-state index contributed by atoms with van der Waals surface area (Å²) in [5, 5.41) is 0.204. The van der Waals surface area contributed by atoms with Crippen molar-refractivity contribution in [3.63, 3.8) is 0 Å². The summed E-state index contributed by atoms with van der Waals surface area (Å²) in [4.78, 5) is 29.3. The zero-order chi connectivity index (χ0) is 20.0. The Kier molecular flexibility index (Phi) is 5.18. The van der Waals surface area contributed by atoms with E-state index in [-0.39, 0.29) is 17.0 Å². The Balaban J connectivity index is 1.90. The monoisotopic (exact) mass is 451 g/mol. The molecule has 0 N–H and O–H groups in total. The molecule has 0 bridgehead atoms. The fraction of sp³-hybridized carbons (Fsp3) is 0.500. The first kappa shape index (κ1) is 19.4. The van der Waals surface area contributed by atoms with Crippen LogP contribution in [0, 0.1) is 5.82 Å². The van der Waals surface area contributed by atoms with Crippen molar-refractivity contribution >= 4 is 38.5 Å². The van der Waals surface area contributed by atoms with Gasteiger partial charge in [0.05, 0.1) is 28.2 Å². The first-order chi connectivity index (χ1) is 13.5. The lowest BCUT2D eigenvalue weighted by atomic mass is 10.1. The SMILES string of the molecule is CCN1CCN(c2c(F)cc3c(=O)c(C(=O)OC)cn(C4CC4)c3c2Br)CC1. The van der Waals surface area contributed by atoms with Crippen molar-refractivity contribution in [1.29, 1.82) is 0 Å². The molecule has 0 amide bonds. The van der Waals surface area contributed by atoms with E-state index in [9.17, 15) is 9.59 Å². The van der Waals surface area contributed by atoms with Crippen LogP contribution in [-0.4, -0.2) is 55.3 Å². The topological polar surface area (TPSA) is 54.8 Å². The van der Waals surface area contributed by atoms with Gasteiger partial charge >= 0.3 is 5.97 Å². The number of halogens is 2. The van der Waals surface area contributed by atoms with Crippen molar-refractivity contribution in [2.45, 2.75) is 25.8 Å². The van der Waals surface area contributed by atoms with Crippen molar-refractivity contribution in [2.24, 2.45) is 0 Å². The Morgan fingerprint density at radius 2 is 1.96 bits per heavy atom. The number of hydrogen-bond donors (Lipinski definition) is 0. The number of ether oxygens (including phenoxy) is 1. The molecular weight excluding hydrogens is 429 g/mol. The number of pyridine rings is 1. The molecule has 1 aliphatic heterocycles. The summed E-state index contributed by atoms with van der Waals surface area (Å²) in [6.07, 6.45) is 3.50. The Morgan fingerprint density at radius 1 is 1.29 bits per heavy atom. The second-order valence-corrected chi connectivity index (χ2v) is 8.13. The zero-order valence-electron chi connectivity index (χ0n) is 16.0.